The first-order valence-corrected chi connectivity index (χ1v) is 9.48. The van der Waals surface area contributed by atoms with Gasteiger partial charge in [0.2, 0.25) is 5.91 Å². The minimum atomic E-state index is -3.56. The SMILES string of the molecule is CS(=O)(=O)C1(C(=O)N2CCn3c(nn(CC(F)F)c3=O)C2)CCC1. The summed E-state index contributed by atoms with van der Waals surface area (Å²) in [4.78, 5) is 26.1. The molecule has 24 heavy (non-hydrogen) atoms. The maximum Gasteiger partial charge on any atom is 0.346 e. The number of nitrogens with zero attached hydrogens (tertiary/aromatic N) is 4. The summed E-state index contributed by atoms with van der Waals surface area (Å²) < 4.78 is 49.6. The van der Waals surface area contributed by atoms with Crippen molar-refractivity contribution < 1.29 is 22.0 Å². The number of aromatic nitrogens is 3. The first-order chi connectivity index (χ1) is 11.2. The van der Waals surface area contributed by atoms with Crippen LogP contribution in [0, 0.1) is 0 Å². The molecule has 0 spiro atoms. The molecule has 1 aliphatic carbocycles. The molecule has 0 unspecified atom stereocenters. The molecule has 1 aromatic rings. The highest BCUT2D eigenvalue weighted by atomic mass is 32.2. The first-order valence-electron chi connectivity index (χ1n) is 7.59. The molecule has 134 valence electrons. The second-order valence-electron chi connectivity index (χ2n) is 6.27. The van der Waals surface area contributed by atoms with Crippen LogP contribution < -0.4 is 5.69 Å². The largest absolute Gasteiger partial charge is 0.346 e. The summed E-state index contributed by atoms with van der Waals surface area (Å²) >= 11 is 0. The number of hydrogen-bond donors (Lipinski definition) is 0. The van der Waals surface area contributed by atoms with Gasteiger partial charge >= 0.3 is 5.69 Å². The molecule has 0 aromatic carbocycles. The van der Waals surface area contributed by atoms with Crippen LogP contribution in [0.1, 0.15) is 25.1 Å². The number of halogens is 2. The molecular formula is C13H18F2N4O4S. The Bertz CT molecular complexity index is 826. The molecule has 3 rings (SSSR count). The highest BCUT2D eigenvalue weighted by Gasteiger charge is 2.54. The summed E-state index contributed by atoms with van der Waals surface area (Å²) in [5.74, 6) is -0.290. The zero-order valence-corrected chi connectivity index (χ0v) is 13.9. The highest BCUT2D eigenvalue weighted by molar-refractivity contribution is 7.93. The lowest BCUT2D eigenvalue weighted by atomic mass is 9.83. The molecule has 0 radical (unpaired) electrons. The van der Waals surface area contributed by atoms with Crippen molar-refractivity contribution >= 4 is 15.7 Å². The molecule has 0 N–H and O–H groups in total. The third-order valence-corrected chi connectivity index (χ3v) is 6.79. The standard InChI is InChI=1S/C13H18F2N4O4S/c1-24(22,23)13(3-2-4-13)11(20)17-5-6-18-10(8-17)16-19(12(18)21)7-9(14)15/h9H,2-8H2,1H3. The molecule has 0 bridgehead atoms. The van der Waals surface area contributed by atoms with Gasteiger partial charge in [-0.2, -0.15) is 5.10 Å². The summed E-state index contributed by atoms with van der Waals surface area (Å²) in [6.45, 7) is -0.589. The molecule has 0 atom stereocenters. The molecule has 1 aromatic heterocycles. The monoisotopic (exact) mass is 364 g/mol. The van der Waals surface area contributed by atoms with Gasteiger partial charge in [0.25, 0.3) is 6.43 Å². The fourth-order valence-electron chi connectivity index (χ4n) is 3.25. The minimum Gasteiger partial charge on any atom is -0.332 e. The van der Waals surface area contributed by atoms with Crippen molar-refractivity contribution in [3.63, 3.8) is 0 Å². The fraction of sp³-hybridized carbons (Fsp3) is 0.769. The zero-order chi connectivity index (χ0) is 17.7. The van der Waals surface area contributed by atoms with Gasteiger partial charge in [-0.1, -0.05) is 0 Å². The molecule has 2 heterocycles. The molecule has 0 saturated heterocycles. The number of alkyl halides is 2. The van der Waals surface area contributed by atoms with E-state index in [0.29, 0.717) is 11.1 Å². The Kier molecular flexibility index (Phi) is 4.01. The molecule has 8 nitrogen and oxygen atoms in total. The Morgan fingerprint density at radius 1 is 1.33 bits per heavy atom. The maximum absolute atomic E-state index is 12.7. The van der Waals surface area contributed by atoms with Gasteiger partial charge in [-0.15, -0.1) is 0 Å². The van der Waals surface area contributed by atoms with Crippen molar-refractivity contribution in [1.29, 1.82) is 0 Å². The number of rotatable bonds is 4. The van der Waals surface area contributed by atoms with E-state index in [1.54, 1.807) is 0 Å². The van der Waals surface area contributed by atoms with Gasteiger partial charge in [0.15, 0.2) is 20.4 Å². The average Bonchev–Trinajstić information content (AvgIpc) is 2.71. The third-order valence-electron chi connectivity index (χ3n) is 4.78. The van der Waals surface area contributed by atoms with Crippen molar-refractivity contribution in [2.24, 2.45) is 0 Å². The van der Waals surface area contributed by atoms with Gasteiger partial charge < -0.3 is 4.90 Å². The predicted molar refractivity (Wildman–Crippen MR) is 79.3 cm³/mol. The second-order valence-corrected chi connectivity index (χ2v) is 8.60. The molecule has 1 saturated carbocycles. The van der Waals surface area contributed by atoms with E-state index in [0.717, 1.165) is 6.26 Å². The highest BCUT2D eigenvalue weighted by Crippen LogP contribution is 2.41. The molecule has 11 heteroatoms. The van der Waals surface area contributed by atoms with Crippen molar-refractivity contribution in [1.82, 2.24) is 19.2 Å². The van der Waals surface area contributed by atoms with E-state index < -0.39 is 39.2 Å². The molecular weight excluding hydrogens is 346 g/mol. The van der Waals surface area contributed by atoms with E-state index in [2.05, 4.69) is 5.10 Å². The second kappa shape index (κ2) is 5.64. The Hall–Kier alpha value is -1.78. The number of fused-ring (bicyclic) bond motifs is 1. The van der Waals surface area contributed by atoms with Crippen LogP contribution >= 0.6 is 0 Å². The Balaban J connectivity index is 1.85. The zero-order valence-electron chi connectivity index (χ0n) is 13.1. The number of hydrogen-bond acceptors (Lipinski definition) is 5. The van der Waals surface area contributed by atoms with Gasteiger partial charge in [0.05, 0.1) is 6.54 Å². The summed E-state index contributed by atoms with van der Waals surface area (Å²) in [5.41, 5.74) is -0.640. The van der Waals surface area contributed by atoms with E-state index >= 15 is 0 Å². The van der Waals surface area contributed by atoms with E-state index in [9.17, 15) is 26.8 Å². The summed E-state index contributed by atoms with van der Waals surface area (Å²) in [5, 5.41) is 3.85. The quantitative estimate of drug-likeness (QED) is 0.726. The number of sulfone groups is 1. The first kappa shape index (κ1) is 17.1. The number of amides is 1. The third kappa shape index (κ3) is 2.54. The lowest BCUT2D eigenvalue weighted by Crippen LogP contribution is -2.59. The van der Waals surface area contributed by atoms with Gasteiger partial charge in [-0.05, 0) is 19.3 Å². The summed E-state index contributed by atoms with van der Waals surface area (Å²) in [7, 11) is -3.56. The summed E-state index contributed by atoms with van der Waals surface area (Å²) in [6.07, 6.45) is -0.413. The maximum atomic E-state index is 12.7. The Morgan fingerprint density at radius 2 is 2.00 bits per heavy atom. The smallest absolute Gasteiger partial charge is 0.332 e. The van der Waals surface area contributed by atoms with E-state index in [-0.39, 0.29) is 38.3 Å². The Labute approximate surface area is 137 Å². The molecule has 2 aliphatic rings. The number of carbonyl (C=O) groups excluding carboxylic acids is 1. The Morgan fingerprint density at radius 3 is 2.50 bits per heavy atom. The lowest BCUT2D eigenvalue weighted by molar-refractivity contribution is -0.137. The van der Waals surface area contributed by atoms with Crippen LogP contribution in [0.2, 0.25) is 0 Å². The normalized spacial score (nSPS) is 19.9. The van der Waals surface area contributed by atoms with Crippen LogP contribution in [-0.4, -0.2) is 57.5 Å². The van der Waals surface area contributed by atoms with Crippen LogP contribution in [0.25, 0.3) is 0 Å². The van der Waals surface area contributed by atoms with E-state index in [1.165, 1.54) is 9.47 Å². The van der Waals surface area contributed by atoms with Crippen LogP contribution in [0.4, 0.5) is 8.78 Å². The van der Waals surface area contributed by atoms with Crippen LogP contribution in [0.3, 0.4) is 0 Å². The van der Waals surface area contributed by atoms with E-state index in [4.69, 9.17) is 0 Å². The van der Waals surface area contributed by atoms with Crippen molar-refractivity contribution in [3.05, 3.63) is 16.3 Å². The van der Waals surface area contributed by atoms with Crippen molar-refractivity contribution in [2.45, 2.75) is 50.1 Å². The topological polar surface area (TPSA) is 94.3 Å². The van der Waals surface area contributed by atoms with Crippen molar-refractivity contribution in [3.8, 4) is 0 Å². The van der Waals surface area contributed by atoms with Gasteiger partial charge in [0.1, 0.15) is 6.54 Å². The van der Waals surface area contributed by atoms with Gasteiger partial charge in [-0.25, -0.2) is 26.7 Å². The van der Waals surface area contributed by atoms with Gasteiger partial charge in [0, 0.05) is 19.3 Å². The molecule has 1 aliphatic heterocycles. The lowest BCUT2D eigenvalue weighted by Gasteiger charge is -2.42. The van der Waals surface area contributed by atoms with Crippen LogP contribution in [0.15, 0.2) is 4.79 Å². The summed E-state index contributed by atoms with van der Waals surface area (Å²) in [6, 6.07) is 0. The van der Waals surface area contributed by atoms with Crippen LogP contribution in [-0.2, 0) is 34.3 Å². The predicted octanol–water partition coefficient (Wildman–Crippen LogP) is -0.381. The average molecular weight is 364 g/mol. The van der Waals surface area contributed by atoms with E-state index in [1.807, 2.05) is 0 Å². The number of carbonyl (C=O) groups is 1. The van der Waals surface area contributed by atoms with Gasteiger partial charge in [-0.3, -0.25) is 9.36 Å². The van der Waals surface area contributed by atoms with Crippen LogP contribution in [0.5, 0.6) is 0 Å². The fourth-order valence-corrected chi connectivity index (χ4v) is 4.73. The minimum absolute atomic E-state index is 0.0540. The van der Waals surface area contributed by atoms with Crippen molar-refractivity contribution in [2.75, 3.05) is 12.8 Å². The molecule has 1 amide bonds. The molecule has 1 fully saturated rings.